The van der Waals surface area contributed by atoms with Crippen LogP contribution in [0.4, 0.5) is 0 Å². The molecule has 0 atom stereocenters. The molecule has 3 aromatic rings. The Kier molecular flexibility index (Phi) is 3.71. The number of pyridine rings is 1. The minimum atomic E-state index is -0.0723. The van der Waals surface area contributed by atoms with E-state index in [1.165, 1.54) is 12.8 Å². The van der Waals surface area contributed by atoms with Gasteiger partial charge in [0, 0.05) is 24.8 Å². The molecule has 4 rings (SSSR count). The summed E-state index contributed by atoms with van der Waals surface area (Å²) >= 11 is 0. The van der Waals surface area contributed by atoms with Crippen LogP contribution >= 0.6 is 0 Å². The van der Waals surface area contributed by atoms with E-state index in [0.717, 1.165) is 36.3 Å². The van der Waals surface area contributed by atoms with Crippen molar-refractivity contribution in [3.05, 3.63) is 53.1 Å². The summed E-state index contributed by atoms with van der Waals surface area (Å²) < 4.78 is 1.81. The van der Waals surface area contributed by atoms with Crippen LogP contribution in [0.5, 0.6) is 0 Å². The van der Waals surface area contributed by atoms with E-state index in [-0.39, 0.29) is 5.69 Å². The van der Waals surface area contributed by atoms with Crippen LogP contribution in [0.1, 0.15) is 12.8 Å². The van der Waals surface area contributed by atoms with Crippen molar-refractivity contribution in [3.8, 4) is 11.1 Å². The van der Waals surface area contributed by atoms with Gasteiger partial charge in [-0.3, -0.25) is 9.55 Å². The Morgan fingerprint density at radius 1 is 1.04 bits per heavy atom. The lowest BCUT2D eigenvalue weighted by molar-refractivity contribution is 0.322. The first-order chi connectivity index (χ1) is 11.3. The Hall–Kier alpha value is -2.40. The minimum Gasteiger partial charge on any atom is -0.302 e. The standard InChI is InChI=1S/C18H20N4O/c23-18-20-17-16(22(18)11-10-21-8-4-5-9-21)12-15(13-19-17)14-6-2-1-3-7-14/h1-3,6-7,12-13H,4-5,8-11H2,(H,19,20,23). The Labute approximate surface area is 134 Å². The lowest BCUT2D eigenvalue weighted by atomic mass is 10.1. The maximum absolute atomic E-state index is 12.2. The average Bonchev–Trinajstić information content (AvgIpc) is 3.20. The van der Waals surface area contributed by atoms with Crippen LogP contribution in [-0.2, 0) is 6.54 Å². The second-order valence-electron chi connectivity index (χ2n) is 6.09. The molecule has 5 heteroatoms. The van der Waals surface area contributed by atoms with Crippen molar-refractivity contribution in [2.75, 3.05) is 19.6 Å². The monoisotopic (exact) mass is 308 g/mol. The van der Waals surface area contributed by atoms with Crippen LogP contribution in [-0.4, -0.2) is 39.1 Å². The predicted molar refractivity (Wildman–Crippen MR) is 91.5 cm³/mol. The molecule has 0 bridgehead atoms. The molecule has 0 unspecified atom stereocenters. The van der Waals surface area contributed by atoms with Gasteiger partial charge in [-0.15, -0.1) is 0 Å². The van der Waals surface area contributed by atoms with Gasteiger partial charge < -0.3 is 4.90 Å². The molecule has 1 saturated heterocycles. The number of nitrogens with zero attached hydrogens (tertiary/aromatic N) is 3. The second-order valence-corrected chi connectivity index (χ2v) is 6.09. The van der Waals surface area contributed by atoms with Crippen molar-refractivity contribution in [2.24, 2.45) is 0 Å². The van der Waals surface area contributed by atoms with Crippen molar-refractivity contribution in [2.45, 2.75) is 19.4 Å². The fraction of sp³-hybridized carbons (Fsp3) is 0.333. The number of likely N-dealkylation sites (tertiary alicyclic amines) is 1. The molecule has 1 aromatic carbocycles. The number of fused-ring (bicyclic) bond motifs is 1. The van der Waals surface area contributed by atoms with Gasteiger partial charge >= 0.3 is 5.69 Å². The molecule has 0 aliphatic carbocycles. The molecule has 0 radical (unpaired) electrons. The molecule has 0 saturated carbocycles. The van der Waals surface area contributed by atoms with Gasteiger partial charge in [0.05, 0.1) is 5.52 Å². The van der Waals surface area contributed by atoms with E-state index in [2.05, 4.69) is 33.1 Å². The maximum Gasteiger partial charge on any atom is 0.327 e. The van der Waals surface area contributed by atoms with E-state index < -0.39 is 0 Å². The van der Waals surface area contributed by atoms with E-state index in [0.29, 0.717) is 12.2 Å². The molecule has 2 aromatic heterocycles. The van der Waals surface area contributed by atoms with E-state index in [4.69, 9.17) is 0 Å². The highest BCUT2D eigenvalue weighted by atomic mass is 16.1. The molecule has 1 aliphatic rings. The molecule has 0 spiro atoms. The molecule has 3 heterocycles. The van der Waals surface area contributed by atoms with Crippen LogP contribution in [0.25, 0.3) is 22.3 Å². The van der Waals surface area contributed by atoms with Crippen molar-refractivity contribution >= 4 is 11.2 Å². The van der Waals surface area contributed by atoms with Crippen LogP contribution in [0.3, 0.4) is 0 Å². The second kappa shape index (κ2) is 6.01. The Morgan fingerprint density at radius 3 is 2.61 bits per heavy atom. The lowest BCUT2D eigenvalue weighted by Crippen LogP contribution is -2.28. The van der Waals surface area contributed by atoms with Gasteiger partial charge in [0.1, 0.15) is 0 Å². The summed E-state index contributed by atoms with van der Waals surface area (Å²) in [6, 6.07) is 12.2. The molecule has 5 nitrogen and oxygen atoms in total. The average molecular weight is 308 g/mol. The minimum absolute atomic E-state index is 0.0723. The summed E-state index contributed by atoms with van der Waals surface area (Å²) in [6.07, 6.45) is 4.35. The first-order valence-corrected chi connectivity index (χ1v) is 8.17. The molecule has 23 heavy (non-hydrogen) atoms. The van der Waals surface area contributed by atoms with Gasteiger partial charge in [0.15, 0.2) is 5.65 Å². The number of hydrogen-bond donors (Lipinski definition) is 1. The number of aromatic amines is 1. The van der Waals surface area contributed by atoms with E-state index in [9.17, 15) is 4.79 Å². The largest absolute Gasteiger partial charge is 0.327 e. The lowest BCUT2D eigenvalue weighted by Gasteiger charge is -2.14. The zero-order valence-corrected chi connectivity index (χ0v) is 13.0. The number of H-pyrrole nitrogens is 1. The highest BCUT2D eigenvalue weighted by Gasteiger charge is 2.14. The fourth-order valence-corrected chi connectivity index (χ4v) is 3.29. The van der Waals surface area contributed by atoms with Gasteiger partial charge in [0.25, 0.3) is 0 Å². The van der Waals surface area contributed by atoms with Crippen molar-refractivity contribution in [1.82, 2.24) is 19.4 Å². The van der Waals surface area contributed by atoms with E-state index in [1.807, 2.05) is 29.0 Å². The summed E-state index contributed by atoms with van der Waals surface area (Å²) in [6.45, 7) is 3.91. The highest BCUT2D eigenvalue weighted by Crippen LogP contribution is 2.21. The Morgan fingerprint density at radius 2 is 1.83 bits per heavy atom. The normalized spacial score (nSPS) is 15.5. The molecule has 1 aliphatic heterocycles. The van der Waals surface area contributed by atoms with E-state index >= 15 is 0 Å². The summed E-state index contributed by atoms with van der Waals surface area (Å²) in [7, 11) is 0. The molecular formula is C18H20N4O. The Bertz CT molecular complexity index is 860. The van der Waals surface area contributed by atoms with Gasteiger partial charge in [-0.25, -0.2) is 9.78 Å². The van der Waals surface area contributed by atoms with Gasteiger partial charge in [-0.2, -0.15) is 0 Å². The van der Waals surface area contributed by atoms with Crippen molar-refractivity contribution in [1.29, 1.82) is 0 Å². The predicted octanol–water partition coefficient (Wildman–Crippen LogP) is 2.49. The fourth-order valence-electron chi connectivity index (χ4n) is 3.29. The smallest absolute Gasteiger partial charge is 0.302 e. The van der Waals surface area contributed by atoms with Gasteiger partial charge in [-0.1, -0.05) is 30.3 Å². The number of benzene rings is 1. The van der Waals surface area contributed by atoms with Crippen LogP contribution < -0.4 is 5.69 Å². The van der Waals surface area contributed by atoms with E-state index in [1.54, 1.807) is 0 Å². The summed E-state index contributed by atoms with van der Waals surface area (Å²) in [4.78, 5) is 21.9. The number of hydrogen-bond acceptors (Lipinski definition) is 3. The highest BCUT2D eigenvalue weighted by molar-refractivity contribution is 5.78. The summed E-state index contributed by atoms with van der Waals surface area (Å²) in [5, 5.41) is 0. The molecule has 1 N–H and O–H groups in total. The molecule has 1 fully saturated rings. The summed E-state index contributed by atoms with van der Waals surface area (Å²) in [5.41, 5.74) is 3.62. The van der Waals surface area contributed by atoms with Gasteiger partial charge in [-0.05, 0) is 37.6 Å². The third-order valence-electron chi connectivity index (χ3n) is 4.57. The zero-order valence-electron chi connectivity index (χ0n) is 13.0. The SMILES string of the molecule is O=c1[nH]c2ncc(-c3ccccc3)cc2n1CCN1CCCC1. The zero-order chi connectivity index (χ0) is 15.6. The van der Waals surface area contributed by atoms with Gasteiger partial charge in [0.2, 0.25) is 0 Å². The number of imidazole rings is 1. The molecular weight excluding hydrogens is 288 g/mol. The summed E-state index contributed by atoms with van der Waals surface area (Å²) in [5.74, 6) is 0. The Balaban J connectivity index is 1.68. The molecule has 118 valence electrons. The quantitative estimate of drug-likeness (QED) is 0.805. The number of rotatable bonds is 4. The van der Waals surface area contributed by atoms with Crippen LogP contribution in [0, 0.1) is 0 Å². The first kappa shape index (κ1) is 14.2. The first-order valence-electron chi connectivity index (χ1n) is 8.17. The third-order valence-corrected chi connectivity index (χ3v) is 4.57. The van der Waals surface area contributed by atoms with Crippen LogP contribution in [0.15, 0.2) is 47.4 Å². The molecule has 0 amide bonds. The van der Waals surface area contributed by atoms with Crippen LogP contribution in [0.2, 0.25) is 0 Å². The topological polar surface area (TPSA) is 53.9 Å². The number of aromatic nitrogens is 3. The number of nitrogens with one attached hydrogen (secondary N) is 1. The van der Waals surface area contributed by atoms with Crippen molar-refractivity contribution in [3.63, 3.8) is 0 Å². The van der Waals surface area contributed by atoms with Crippen molar-refractivity contribution < 1.29 is 0 Å². The third kappa shape index (κ3) is 2.80. The maximum atomic E-state index is 12.2.